The molecule has 1 aliphatic rings. The molecule has 1 heterocycles. The summed E-state index contributed by atoms with van der Waals surface area (Å²) in [5, 5.41) is 4.47. The van der Waals surface area contributed by atoms with Gasteiger partial charge in [-0.15, -0.1) is 0 Å². The summed E-state index contributed by atoms with van der Waals surface area (Å²) in [7, 11) is 0. The Balaban J connectivity index is 1.95. The number of anilines is 1. The molecular weight excluding hydrogens is 194 g/mol. The number of hydrogen-bond acceptors (Lipinski definition) is 4. The summed E-state index contributed by atoms with van der Waals surface area (Å²) in [5.74, 6) is 0.989. The van der Waals surface area contributed by atoms with Gasteiger partial charge in [-0.2, -0.15) is 4.37 Å². The van der Waals surface area contributed by atoms with E-state index in [-0.39, 0.29) is 0 Å². The summed E-state index contributed by atoms with van der Waals surface area (Å²) in [6, 6.07) is 0. The van der Waals surface area contributed by atoms with Crippen molar-refractivity contribution in [2.75, 3.05) is 5.32 Å². The van der Waals surface area contributed by atoms with Gasteiger partial charge in [-0.25, -0.2) is 4.98 Å². The molecule has 3 nitrogen and oxygen atoms in total. The van der Waals surface area contributed by atoms with Crippen LogP contribution in [-0.4, -0.2) is 14.9 Å². The lowest BCUT2D eigenvalue weighted by molar-refractivity contribution is 0.306. The van der Waals surface area contributed by atoms with Crippen molar-refractivity contribution in [3.8, 4) is 0 Å². The standard InChI is InChI=1S/C10H17N3S/c1-3-5-8-11-9(14-13-8)12-10(2)6-4-7-10/h3-7H2,1-2H3,(H,11,12,13). The van der Waals surface area contributed by atoms with E-state index in [1.807, 2.05) is 0 Å². The highest BCUT2D eigenvalue weighted by atomic mass is 32.1. The van der Waals surface area contributed by atoms with Crippen LogP contribution in [0.25, 0.3) is 0 Å². The number of nitrogens with one attached hydrogen (secondary N) is 1. The molecule has 0 aromatic carbocycles. The average Bonchev–Trinajstić information content (AvgIpc) is 2.51. The van der Waals surface area contributed by atoms with Crippen molar-refractivity contribution in [1.29, 1.82) is 0 Å². The van der Waals surface area contributed by atoms with Gasteiger partial charge in [-0.1, -0.05) is 6.92 Å². The summed E-state index contributed by atoms with van der Waals surface area (Å²) >= 11 is 1.49. The second-order valence-corrected chi connectivity index (χ2v) is 5.06. The molecule has 0 amide bonds. The predicted molar refractivity (Wildman–Crippen MR) is 59.8 cm³/mol. The van der Waals surface area contributed by atoms with Crippen LogP contribution in [0.2, 0.25) is 0 Å². The van der Waals surface area contributed by atoms with E-state index in [0.29, 0.717) is 5.54 Å². The monoisotopic (exact) mass is 211 g/mol. The Morgan fingerprint density at radius 2 is 2.29 bits per heavy atom. The Labute approximate surface area is 89.1 Å². The van der Waals surface area contributed by atoms with E-state index in [1.165, 1.54) is 30.8 Å². The van der Waals surface area contributed by atoms with Crippen molar-refractivity contribution in [3.63, 3.8) is 0 Å². The van der Waals surface area contributed by atoms with Gasteiger partial charge in [0.25, 0.3) is 0 Å². The van der Waals surface area contributed by atoms with Gasteiger partial charge >= 0.3 is 0 Å². The molecule has 0 saturated heterocycles. The van der Waals surface area contributed by atoms with Crippen LogP contribution in [0.5, 0.6) is 0 Å². The summed E-state index contributed by atoms with van der Waals surface area (Å²) in [6.07, 6.45) is 5.97. The molecule has 0 radical (unpaired) electrons. The minimum Gasteiger partial charge on any atom is -0.355 e. The molecule has 0 unspecified atom stereocenters. The second-order valence-electron chi connectivity index (χ2n) is 4.30. The van der Waals surface area contributed by atoms with Crippen LogP contribution in [0.1, 0.15) is 45.4 Å². The lowest BCUT2D eigenvalue weighted by Crippen LogP contribution is -2.41. The van der Waals surface area contributed by atoms with Crippen LogP contribution in [0.3, 0.4) is 0 Å². The van der Waals surface area contributed by atoms with Crippen LogP contribution in [-0.2, 0) is 6.42 Å². The highest BCUT2D eigenvalue weighted by molar-refractivity contribution is 7.09. The minimum atomic E-state index is 0.295. The van der Waals surface area contributed by atoms with Crippen molar-refractivity contribution in [1.82, 2.24) is 9.36 Å². The first kappa shape index (κ1) is 9.90. The molecule has 0 atom stereocenters. The van der Waals surface area contributed by atoms with E-state index < -0.39 is 0 Å². The molecule has 4 heteroatoms. The molecule has 0 bridgehead atoms. The molecule has 1 aromatic heterocycles. The molecule has 0 spiro atoms. The van der Waals surface area contributed by atoms with Crippen LogP contribution in [0, 0.1) is 0 Å². The quantitative estimate of drug-likeness (QED) is 0.832. The number of nitrogens with zero attached hydrogens (tertiary/aromatic N) is 2. The normalized spacial score (nSPS) is 19.0. The van der Waals surface area contributed by atoms with Crippen molar-refractivity contribution >= 4 is 16.7 Å². The third-order valence-electron chi connectivity index (χ3n) is 2.81. The lowest BCUT2D eigenvalue weighted by atomic mass is 9.79. The Bertz CT molecular complexity index is 304. The average molecular weight is 211 g/mol. The van der Waals surface area contributed by atoms with Gasteiger partial charge in [0.15, 0.2) is 0 Å². The van der Waals surface area contributed by atoms with Gasteiger partial charge < -0.3 is 5.32 Å². The van der Waals surface area contributed by atoms with Gasteiger partial charge in [0.05, 0.1) is 0 Å². The lowest BCUT2D eigenvalue weighted by Gasteiger charge is -2.38. The van der Waals surface area contributed by atoms with Crippen molar-refractivity contribution in [3.05, 3.63) is 5.82 Å². The first-order valence-corrected chi connectivity index (χ1v) is 6.10. The molecule has 14 heavy (non-hydrogen) atoms. The maximum absolute atomic E-state index is 4.46. The molecule has 0 aliphatic heterocycles. The molecule has 1 N–H and O–H groups in total. The van der Waals surface area contributed by atoms with Gasteiger partial charge in [-0.05, 0) is 32.6 Å². The van der Waals surface area contributed by atoms with Gasteiger partial charge in [0.2, 0.25) is 5.13 Å². The first-order chi connectivity index (χ1) is 6.72. The molecule has 1 fully saturated rings. The summed E-state index contributed by atoms with van der Waals surface area (Å²) < 4.78 is 4.32. The van der Waals surface area contributed by atoms with Crippen molar-refractivity contribution in [2.24, 2.45) is 0 Å². The molecule has 1 aliphatic carbocycles. The van der Waals surface area contributed by atoms with E-state index in [2.05, 4.69) is 28.5 Å². The highest BCUT2D eigenvalue weighted by Gasteiger charge is 2.32. The molecule has 1 saturated carbocycles. The van der Waals surface area contributed by atoms with E-state index in [1.54, 1.807) is 0 Å². The molecule has 1 aromatic rings. The number of aryl methyl sites for hydroxylation is 1. The molecule has 2 rings (SSSR count). The van der Waals surface area contributed by atoms with Crippen LogP contribution < -0.4 is 5.32 Å². The van der Waals surface area contributed by atoms with Gasteiger partial charge in [0, 0.05) is 23.5 Å². The fourth-order valence-electron chi connectivity index (χ4n) is 1.72. The minimum absolute atomic E-state index is 0.295. The van der Waals surface area contributed by atoms with Crippen molar-refractivity contribution in [2.45, 2.75) is 51.5 Å². The predicted octanol–water partition coefficient (Wildman–Crippen LogP) is 2.85. The summed E-state index contributed by atoms with van der Waals surface area (Å²) in [5.41, 5.74) is 0.295. The van der Waals surface area contributed by atoms with E-state index in [0.717, 1.165) is 23.8 Å². The van der Waals surface area contributed by atoms with Gasteiger partial charge in [0.1, 0.15) is 5.82 Å². The third-order valence-corrected chi connectivity index (χ3v) is 3.48. The second kappa shape index (κ2) is 3.85. The summed E-state index contributed by atoms with van der Waals surface area (Å²) in [6.45, 7) is 4.42. The van der Waals surface area contributed by atoms with Crippen LogP contribution in [0.15, 0.2) is 0 Å². The zero-order chi connectivity index (χ0) is 10.0. The van der Waals surface area contributed by atoms with Crippen LogP contribution >= 0.6 is 11.5 Å². The van der Waals surface area contributed by atoms with Gasteiger partial charge in [-0.3, -0.25) is 0 Å². The number of rotatable bonds is 4. The maximum atomic E-state index is 4.46. The largest absolute Gasteiger partial charge is 0.355 e. The molecule has 78 valence electrons. The Kier molecular flexibility index (Phi) is 2.72. The maximum Gasteiger partial charge on any atom is 0.202 e. The smallest absolute Gasteiger partial charge is 0.202 e. The third kappa shape index (κ3) is 2.05. The zero-order valence-corrected chi connectivity index (χ0v) is 9.65. The SMILES string of the molecule is CCCc1nsc(NC2(C)CCC2)n1. The first-order valence-electron chi connectivity index (χ1n) is 5.33. The Morgan fingerprint density at radius 3 is 2.86 bits per heavy atom. The fourth-order valence-corrected chi connectivity index (χ4v) is 2.48. The Hall–Kier alpha value is -0.640. The zero-order valence-electron chi connectivity index (χ0n) is 8.84. The number of aromatic nitrogens is 2. The Morgan fingerprint density at radius 1 is 1.50 bits per heavy atom. The fraction of sp³-hybridized carbons (Fsp3) is 0.800. The number of hydrogen-bond donors (Lipinski definition) is 1. The molecular formula is C10H17N3S. The van der Waals surface area contributed by atoms with Crippen molar-refractivity contribution < 1.29 is 0 Å². The van der Waals surface area contributed by atoms with E-state index >= 15 is 0 Å². The van der Waals surface area contributed by atoms with E-state index in [4.69, 9.17) is 0 Å². The van der Waals surface area contributed by atoms with E-state index in [9.17, 15) is 0 Å². The van der Waals surface area contributed by atoms with Crippen LogP contribution in [0.4, 0.5) is 5.13 Å². The highest BCUT2D eigenvalue weighted by Crippen LogP contribution is 2.34. The topological polar surface area (TPSA) is 37.8 Å². The summed E-state index contributed by atoms with van der Waals surface area (Å²) in [4.78, 5) is 4.46.